The van der Waals surface area contributed by atoms with E-state index < -0.39 is 0 Å². The van der Waals surface area contributed by atoms with Gasteiger partial charge in [-0.05, 0) is 63.8 Å². The maximum Gasteiger partial charge on any atom is 0.0614 e. The van der Waals surface area contributed by atoms with Gasteiger partial charge in [0.25, 0.3) is 0 Å². The number of aliphatic hydroxyl groups excluding tert-OH is 1. The summed E-state index contributed by atoms with van der Waals surface area (Å²) >= 11 is 0. The zero-order valence-electron chi connectivity index (χ0n) is 13.7. The van der Waals surface area contributed by atoms with Crippen LogP contribution in [-0.4, -0.2) is 36.4 Å². The Morgan fingerprint density at radius 3 is 2.81 bits per heavy atom. The molecule has 0 bridgehead atoms. The molecule has 0 heterocycles. The molecule has 0 aliphatic heterocycles. The Balaban J connectivity index is 2.10. The summed E-state index contributed by atoms with van der Waals surface area (Å²) in [6, 6.07) is 9.27. The van der Waals surface area contributed by atoms with Crippen LogP contribution in [0.5, 0.6) is 0 Å². The second kappa shape index (κ2) is 7.28. The van der Waals surface area contributed by atoms with Crippen molar-refractivity contribution in [2.75, 3.05) is 24.6 Å². The maximum atomic E-state index is 9.85. The zero-order valence-corrected chi connectivity index (χ0v) is 13.7. The first kappa shape index (κ1) is 16.3. The van der Waals surface area contributed by atoms with Crippen molar-refractivity contribution in [3.63, 3.8) is 0 Å². The standard InChI is InChI=1S/C18H30N2O/c1-4-11-19-18(14-21)10-9-17(13-18)20(5-2)16-8-6-7-15(3)12-16/h6-8,12,17,19,21H,4-5,9-11,13-14H2,1-3H3. The second-order valence-corrected chi connectivity index (χ2v) is 6.39. The minimum Gasteiger partial charge on any atom is -0.394 e. The number of rotatable bonds is 7. The molecule has 0 radical (unpaired) electrons. The van der Waals surface area contributed by atoms with E-state index in [2.05, 4.69) is 55.3 Å². The van der Waals surface area contributed by atoms with Crippen molar-refractivity contribution in [2.24, 2.45) is 0 Å². The molecule has 1 saturated carbocycles. The molecule has 1 aromatic rings. The fraction of sp³-hybridized carbons (Fsp3) is 0.667. The van der Waals surface area contributed by atoms with Crippen molar-refractivity contribution in [1.82, 2.24) is 5.32 Å². The molecule has 3 nitrogen and oxygen atoms in total. The quantitative estimate of drug-likeness (QED) is 0.810. The third kappa shape index (κ3) is 3.78. The molecule has 0 amide bonds. The number of anilines is 1. The molecular formula is C18H30N2O. The van der Waals surface area contributed by atoms with Gasteiger partial charge in [0.15, 0.2) is 0 Å². The summed E-state index contributed by atoms with van der Waals surface area (Å²) in [5.41, 5.74) is 2.55. The van der Waals surface area contributed by atoms with E-state index >= 15 is 0 Å². The van der Waals surface area contributed by atoms with Crippen molar-refractivity contribution in [1.29, 1.82) is 0 Å². The molecule has 1 aliphatic carbocycles. The second-order valence-electron chi connectivity index (χ2n) is 6.39. The molecule has 0 spiro atoms. The minimum absolute atomic E-state index is 0.0715. The van der Waals surface area contributed by atoms with Crippen LogP contribution in [0.15, 0.2) is 24.3 Å². The molecule has 0 aromatic heterocycles. The Morgan fingerprint density at radius 2 is 2.19 bits per heavy atom. The molecule has 1 aromatic carbocycles. The summed E-state index contributed by atoms with van der Waals surface area (Å²) in [5, 5.41) is 13.4. The van der Waals surface area contributed by atoms with Gasteiger partial charge in [-0.25, -0.2) is 0 Å². The summed E-state index contributed by atoms with van der Waals surface area (Å²) < 4.78 is 0. The highest BCUT2D eigenvalue weighted by Gasteiger charge is 2.40. The Hall–Kier alpha value is -1.06. The van der Waals surface area contributed by atoms with Crippen molar-refractivity contribution < 1.29 is 5.11 Å². The number of nitrogens with one attached hydrogen (secondary N) is 1. The molecule has 2 N–H and O–H groups in total. The fourth-order valence-electron chi connectivity index (χ4n) is 3.57. The van der Waals surface area contributed by atoms with Crippen LogP contribution in [0.3, 0.4) is 0 Å². The maximum absolute atomic E-state index is 9.85. The first-order valence-electron chi connectivity index (χ1n) is 8.33. The minimum atomic E-state index is -0.0715. The first-order chi connectivity index (χ1) is 10.1. The number of nitrogens with zero attached hydrogens (tertiary/aromatic N) is 1. The lowest BCUT2D eigenvalue weighted by atomic mass is 9.98. The molecule has 1 fully saturated rings. The predicted octanol–water partition coefficient (Wildman–Crippen LogP) is 3.10. The van der Waals surface area contributed by atoms with Gasteiger partial charge in [0.1, 0.15) is 0 Å². The third-order valence-corrected chi connectivity index (χ3v) is 4.75. The zero-order chi connectivity index (χ0) is 15.3. The number of hydrogen-bond donors (Lipinski definition) is 2. The van der Waals surface area contributed by atoms with Gasteiger partial charge in [0.2, 0.25) is 0 Å². The van der Waals surface area contributed by atoms with E-state index in [4.69, 9.17) is 0 Å². The fourth-order valence-corrected chi connectivity index (χ4v) is 3.57. The van der Waals surface area contributed by atoms with Gasteiger partial charge in [-0.1, -0.05) is 19.1 Å². The topological polar surface area (TPSA) is 35.5 Å². The first-order valence-corrected chi connectivity index (χ1v) is 8.33. The molecule has 21 heavy (non-hydrogen) atoms. The van der Waals surface area contributed by atoms with Gasteiger partial charge in [-0.2, -0.15) is 0 Å². The summed E-state index contributed by atoms with van der Waals surface area (Å²) in [5.74, 6) is 0. The highest BCUT2D eigenvalue weighted by Crippen LogP contribution is 2.35. The van der Waals surface area contributed by atoms with Crippen molar-refractivity contribution in [2.45, 2.75) is 58.0 Å². The van der Waals surface area contributed by atoms with Gasteiger partial charge in [-0.3, -0.25) is 0 Å². The van der Waals surface area contributed by atoms with Crippen LogP contribution in [0.4, 0.5) is 5.69 Å². The normalized spacial score (nSPS) is 25.2. The molecule has 118 valence electrons. The van der Waals surface area contributed by atoms with E-state index in [0.717, 1.165) is 38.8 Å². The van der Waals surface area contributed by atoms with Crippen LogP contribution in [0.1, 0.15) is 45.1 Å². The summed E-state index contributed by atoms with van der Waals surface area (Å²) in [7, 11) is 0. The lowest BCUT2D eigenvalue weighted by Gasteiger charge is -2.33. The van der Waals surface area contributed by atoms with Gasteiger partial charge < -0.3 is 15.3 Å². The van der Waals surface area contributed by atoms with E-state index in [1.54, 1.807) is 0 Å². The number of aryl methyl sites for hydroxylation is 1. The average Bonchev–Trinajstić information content (AvgIpc) is 2.91. The van der Waals surface area contributed by atoms with E-state index in [-0.39, 0.29) is 12.1 Å². The smallest absolute Gasteiger partial charge is 0.0614 e. The van der Waals surface area contributed by atoms with Crippen LogP contribution < -0.4 is 10.2 Å². The molecule has 2 unspecified atom stereocenters. The Bertz CT molecular complexity index is 449. The van der Waals surface area contributed by atoms with Gasteiger partial charge in [0.05, 0.1) is 6.61 Å². The van der Waals surface area contributed by atoms with Crippen molar-refractivity contribution >= 4 is 5.69 Å². The Morgan fingerprint density at radius 1 is 1.38 bits per heavy atom. The predicted molar refractivity (Wildman–Crippen MR) is 89.9 cm³/mol. The molecule has 1 aliphatic rings. The SMILES string of the molecule is CCCNC1(CO)CCC(N(CC)c2cccc(C)c2)C1. The number of benzene rings is 1. The summed E-state index contributed by atoms with van der Waals surface area (Å²) in [4.78, 5) is 2.50. The lowest BCUT2D eigenvalue weighted by molar-refractivity contribution is 0.163. The van der Waals surface area contributed by atoms with Crippen LogP contribution in [0.2, 0.25) is 0 Å². The Kier molecular flexibility index (Phi) is 5.65. The van der Waals surface area contributed by atoms with E-state index in [9.17, 15) is 5.11 Å². The highest BCUT2D eigenvalue weighted by molar-refractivity contribution is 5.49. The molecule has 3 heteroatoms. The Labute approximate surface area is 129 Å². The molecular weight excluding hydrogens is 260 g/mol. The highest BCUT2D eigenvalue weighted by atomic mass is 16.3. The third-order valence-electron chi connectivity index (χ3n) is 4.75. The van der Waals surface area contributed by atoms with Crippen molar-refractivity contribution in [3.05, 3.63) is 29.8 Å². The van der Waals surface area contributed by atoms with Gasteiger partial charge in [0, 0.05) is 23.8 Å². The van der Waals surface area contributed by atoms with E-state index in [1.165, 1.54) is 11.3 Å². The van der Waals surface area contributed by atoms with Crippen LogP contribution >= 0.6 is 0 Å². The van der Waals surface area contributed by atoms with Gasteiger partial charge >= 0.3 is 0 Å². The van der Waals surface area contributed by atoms with Crippen LogP contribution in [0, 0.1) is 6.92 Å². The van der Waals surface area contributed by atoms with Crippen molar-refractivity contribution in [3.8, 4) is 0 Å². The van der Waals surface area contributed by atoms with Gasteiger partial charge in [-0.15, -0.1) is 0 Å². The monoisotopic (exact) mass is 290 g/mol. The lowest BCUT2D eigenvalue weighted by Crippen LogP contribution is -2.48. The number of aliphatic hydroxyl groups is 1. The largest absolute Gasteiger partial charge is 0.394 e. The average molecular weight is 290 g/mol. The summed E-state index contributed by atoms with van der Waals surface area (Å²) in [6.45, 7) is 8.80. The van der Waals surface area contributed by atoms with E-state index in [1.807, 2.05) is 0 Å². The van der Waals surface area contributed by atoms with Crippen LogP contribution in [0.25, 0.3) is 0 Å². The summed E-state index contributed by atoms with van der Waals surface area (Å²) in [6.07, 6.45) is 4.36. The molecule has 0 saturated heterocycles. The molecule has 2 rings (SSSR count). The molecule has 2 atom stereocenters. The van der Waals surface area contributed by atoms with Crippen LogP contribution in [-0.2, 0) is 0 Å². The number of hydrogen-bond acceptors (Lipinski definition) is 3. The van der Waals surface area contributed by atoms with E-state index in [0.29, 0.717) is 6.04 Å².